The van der Waals surface area contributed by atoms with E-state index >= 15 is 0 Å². The van der Waals surface area contributed by atoms with E-state index in [1.807, 2.05) is 13.0 Å². The van der Waals surface area contributed by atoms with Crippen LogP contribution in [-0.2, 0) is 27.5 Å². The first-order valence-corrected chi connectivity index (χ1v) is 16.0. The minimum atomic E-state index is -4.53. The molecule has 1 aliphatic heterocycles. The summed E-state index contributed by atoms with van der Waals surface area (Å²) in [4.78, 5) is 21.9. The Morgan fingerprint density at radius 1 is 1.16 bits per heavy atom. The number of thiophene rings is 1. The van der Waals surface area contributed by atoms with E-state index in [2.05, 4.69) is 20.6 Å². The lowest BCUT2D eigenvalue weighted by atomic mass is 10.1. The Bertz CT molecular complexity index is 1790. The molecule has 1 fully saturated rings. The van der Waals surface area contributed by atoms with Gasteiger partial charge in [-0.15, -0.1) is 11.3 Å². The molecule has 2 N–H and O–H groups in total. The smallest absolute Gasteiger partial charge is 0.363 e. The third-order valence-corrected chi connectivity index (χ3v) is 10.6. The third kappa shape index (κ3) is 7.60. The van der Waals surface area contributed by atoms with E-state index in [0.717, 1.165) is 17.7 Å². The van der Waals surface area contributed by atoms with Crippen molar-refractivity contribution in [2.24, 2.45) is 0 Å². The summed E-state index contributed by atoms with van der Waals surface area (Å²) >= 11 is 6.55. The van der Waals surface area contributed by atoms with Gasteiger partial charge in [0.1, 0.15) is 16.1 Å². The van der Waals surface area contributed by atoms with Crippen LogP contribution in [-0.4, -0.2) is 47.1 Å². The van der Waals surface area contributed by atoms with Crippen LogP contribution in [0.15, 0.2) is 77.3 Å². The number of hydrogen-bond donors (Lipinski definition) is 2. The molecule has 1 aliphatic rings. The predicted molar refractivity (Wildman–Crippen MR) is 159 cm³/mol. The van der Waals surface area contributed by atoms with Crippen molar-refractivity contribution in [2.45, 2.75) is 48.3 Å². The molecule has 4 aromatic rings. The monoisotopic (exact) mass is 685 g/mol. The number of carbonyl (C=O) groups is 1. The number of carbonyl (C=O) groups excluding carboxylic acids is 1. The molecule has 0 spiro atoms. The Balaban J connectivity index is 1.41. The normalized spacial score (nSPS) is 17.6. The Hall–Kier alpha value is -3.66. The molecule has 2 atom stereocenters. The van der Waals surface area contributed by atoms with Crippen LogP contribution in [0.25, 0.3) is 11.3 Å². The number of benzene rings is 1. The van der Waals surface area contributed by atoms with Gasteiger partial charge in [-0.05, 0) is 60.5 Å². The summed E-state index contributed by atoms with van der Waals surface area (Å²) in [6.45, 7) is 0.462. The molecule has 2 unspecified atom stereocenters. The fraction of sp³-hybridized carbons (Fsp3) is 0.276. The number of aromatic nitrogens is 2. The summed E-state index contributed by atoms with van der Waals surface area (Å²) in [5, 5.41) is 5.75. The standard InChI is InChI=1S/C29H25ClF5N5O3S2/c1-17(20-3-2-10-36-15-20)38-25-12-18(11-22(39-25)19-4-6-21(7-5-19)29(33,34)35)14-37-27(41)23-13-28(31,32)16-40(23)45(42,43)26-9-8-24(30)44-26/h2-12,15,17,23H,13-14,16H2,1H3,(H,37,41)(H,38,39). The molecule has 8 nitrogen and oxygen atoms in total. The number of pyridine rings is 2. The van der Waals surface area contributed by atoms with Gasteiger partial charge in [-0.25, -0.2) is 22.2 Å². The summed E-state index contributed by atoms with van der Waals surface area (Å²) in [5.41, 5.74) is 1.05. The van der Waals surface area contributed by atoms with Gasteiger partial charge in [0.05, 0.1) is 28.2 Å². The molecular formula is C29H25ClF5N5O3S2. The lowest BCUT2D eigenvalue weighted by molar-refractivity contribution is -0.137. The summed E-state index contributed by atoms with van der Waals surface area (Å²) in [6, 6.07) is 11.6. The highest BCUT2D eigenvalue weighted by atomic mass is 35.5. The van der Waals surface area contributed by atoms with Crippen LogP contribution in [0.2, 0.25) is 4.34 Å². The van der Waals surface area contributed by atoms with Crippen molar-refractivity contribution in [2.75, 3.05) is 11.9 Å². The maximum absolute atomic E-state index is 14.5. The third-order valence-electron chi connectivity index (χ3n) is 7.05. The number of hydrogen-bond acceptors (Lipinski definition) is 7. The van der Waals surface area contributed by atoms with Crippen LogP contribution in [0.5, 0.6) is 0 Å². The molecule has 1 aromatic carbocycles. The van der Waals surface area contributed by atoms with Crippen molar-refractivity contribution in [1.29, 1.82) is 0 Å². The molecule has 0 aliphatic carbocycles. The van der Waals surface area contributed by atoms with Gasteiger partial charge < -0.3 is 10.6 Å². The van der Waals surface area contributed by atoms with Gasteiger partial charge >= 0.3 is 6.18 Å². The highest BCUT2D eigenvalue weighted by Crippen LogP contribution is 2.38. The zero-order valence-corrected chi connectivity index (χ0v) is 25.7. The molecule has 1 amide bonds. The molecule has 4 heterocycles. The van der Waals surface area contributed by atoms with E-state index in [0.29, 0.717) is 32.6 Å². The number of nitrogens with zero attached hydrogens (tertiary/aromatic N) is 3. The molecule has 0 bridgehead atoms. The lowest BCUT2D eigenvalue weighted by Crippen LogP contribution is -2.45. The number of amides is 1. The first-order valence-electron chi connectivity index (χ1n) is 13.4. The quantitative estimate of drug-likeness (QED) is 0.189. The maximum atomic E-state index is 14.5. The number of rotatable bonds is 9. The first kappa shape index (κ1) is 32.7. The van der Waals surface area contributed by atoms with Crippen LogP contribution in [0.1, 0.15) is 36.1 Å². The van der Waals surface area contributed by atoms with Gasteiger partial charge in [0.25, 0.3) is 15.9 Å². The largest absolute Gasteiger partial charge is 0.416 e. The fourth-order valence-corrected chi connectivity index (χ4v) is 8.03. The van der Waals surface area contributed by atoms with Gasteiger partial charge in [0.15, 0.2) is 0 Å². The highest BCUT2D eigenvalue weighted by Gasteiger charge is 2.53. The number of sulfonamides is 1. The molecule has 3 aromatic heterocycles. The van der Waals surface area contributed by atoms with E-state index in [1.54, 1.807) is 24.5 Å². The minimum absolute atomic E-state index is 0.143. The molecule has 0 saturated carbocycles. The second-order valence-corrected chi connectivity index (χ2v) is 14.2. The van der Waals surface area contributed by atoms with E-state index in [-0.39, 0.29) is 26.8 Å². The Morgan fingerprint density at radius 3 is 2.51 bits per heavy atom. The van der Waals surface area contributed by atoms with Crippen LogP contribution in [0.3, 0.4) is 0 Å². The van der Waals surface area contributed by atoms with Crippen LogP contribution >= 0.6 is 22.9 Å². The number of alkyl halides is 5. The Kier molecular flexibility index (Phi) is 9.18. The lowest BCUT2D eigenvalue weighted by Gasteiger charge is -2.22. The summed E-state index contributed by atoms with van der Waals surface area (Å²) in [6.07, 6.45) is -2.28. The average Bonchev–Trinajstić information content (AvgIpc) is 3.59. The second kappa shape index (κ2) is 12.6. The molecule has 5 rings (SSSR count). The van der Waals surface area contributed by atoms with Gasteiger partial charge in [-0.2, -0.15) is 17.5 Å². The molecule has 16 heteroatoms. The van der Waals surface area contributed by atoms with Crippen molar-refractivity contribution in [3.8, 4) is 11.3 Å². The molecule has 45 heavy (non-hydrogen) atoms. The molecule has 238 valence electrons. The van der Waals surface area contributed by atoms with Crippen LogP contribution in [0.4, 0.5) is 27.8 Å². The van der Waals surface area contributed by atoms with E-state index < -0.39 is 52.6 Å². The van der Waals surface area contributed by atoms with Gasteiger partial charge in [-0.1, -0.05) is 29.8 Å². The SMILES string of the molecule is CC(Nc1cc(CNC(=O)C2CC(F)(F)CN2S(=O)(=O)c2ccc(Cl)s2)cc(-c2ccc(C(F)(F)F)cc2)n1)c1cccnc1. The van der Waals surface area contributed by atoms with Crippen LogP contribution in [0, 0.1) is 0 Å². The van der Waals surface area contributed by atoms with Crippen molar-refractivity contribution >= 4 is 44.7 Å². The Morgan fingerprint density at radius 2 is 1.89 bits per heavy atom. The van der Waals surface area contributed by atoms with Crippen molar-refractivity contribution in [3.05, 3.63) is 94.1 Å². The molecule has 1 saturated heterocycles. The topological polar surface area (TPSA) is 104 Å². The van der Waals surface area contributed by atoms with E-state index in [4.69, 9.17) is 11.6 Å². The number of anilines is 1. The van der Waals surface area contributed by atoms with Crippen LogP contribution < -0.4 is 10.6 Å². The highest BCUT2D eigenvalue weighted by molar-refractivity contribution is 7.91. The van der Waals surface area contributed by atoms with Gasteiger partial charge in [0.2, 0.25) is 5.91 Å². The fourth-order valence-electron chi connectivity index (χ4n) is 4.80. The van der Waals surface area contributed by atoms with Crippen molar-refractivity contribution in [1.82, 2.24) is 19.6 Å². The summed E-state index contributed by atoms with van der Waals surface area (Å²) < 4.78 is 95.0. The first-order chi connectivity index (χ1) is 21.1. The van der Waals surface area contributed by atoms with Crippen molar-refractivity contribution < 1.29 is 35.2 Å². The average molecular weight is 686 g/mol. The Labute approximate surface area is 264 Å². The number of halogens is 6. The summed E-state index contributed by atoms with van der Waals surface area (Å²) in [5.74, 6) is -4.06. The summed E-state index contributed by atoms with van der Waals surface area (Å²) in [7, 11) is -4.45. The van der Waals surface area contributed by atoms with Gasteiger partial charge in [-0.3, -0.25) is 9.78 Å². The van der Waals surface area contributed by atoms with Gasteiger partial charge in [0, 0.05) is 30.9 Å². The maximum Gasteiger partial charge on any atom is 0.416 e. The van der Waals surface area contributed by atoms with E-state index in [9.17, 15) is 35.2 Å². The molecule has 0 radical (unpaired) electrons. The zero-order chi connectivity index (χ0) is 32.6. The second-order valence-electron chi connectivity index (χ2n) is 10.4. The molecular weight excluding hydrogens is 661 g/mol. The predicted octanol–water partition coefficient (Wildman–Crippen LogP) is 6.77. The van der Waals surface area contributed by atoms with Crippen molar-refractivity contribution in [3.63, 3.8) is 0 Å². The zero-order valence-electron chi connectivity index (χ0n) is 23.4. The minimum Gasteiger partial charge on any atom is -0.363 e. The van der Waals surface area contributed by atoms with E-state index in [1.165, 1.54) is 30.3 Å². The number of nitrogens with one attached hydrogen (secondary N) is 2.